The second-order valence-electron chi connectivity index (χ2n) is 8.29. The number of amides is 2. The van der Waals surface area contributed by atoms with Crippen LogP contribution in [-0.4, -0.2) is 41.2 Å². The molecule has 4 nitrogen and oxygen atoms in total. The zero-order valence-corrected chi connectivity index (χ0v) is 21.9. The van der Waals surface area contributed by atoms with E-state index in [1.165, 1.54) is 4.88 Å². The van der Waals surface area contributed by atoms with Crippen molar-refractivity contribution in [2.45, 2.75) is 32.2 Å². The zero-order valence-electron chi connectivity index (χ0n) is 18.8. The minimum atomic E-state index is -0.314. The van der Waals surface area contributed by atoms with Crippen molar-refractivity contribution >= 4 is 58.0 Å². The largest absolute Gasteiger partial charge is 0.330 e. The van der Waals surface area contributed by atoms with E-state index in [9.17, 15) is 9.59 Å². The fraction of sp³-hybridized carbons (Fsp3) is 0.308. The highest BCUT2D eigenvalue weighted by Crippen LogP contribution is 2.41. The Labute approximate surface area is 219 Å². The molecule has 178 valence electrons. The van der Waals surface area contributed by atoms with E-state index in [4.69, 9.17) is 34.8 Å². The number of carbonyl (C=O) groups is 2. The molecule has 0 radical (unpaired) electrons. The van der Waals surface area contributed by atoms with Crippen LogP contribution >= 0.6 is 46.1 Å². The Bertz CT molecular complexity index is 1180. The van der Waals surface area contributed by atoms with Crippen LogP contribution < -0.4 is 0 Å². The first-order chi connectivity index (χ1) is 16.4. The third-order valence-electron chi connectivity index (χ3n) is 6.03. The molecule has 1 atom stereocenters. The third kappa shape index (κ3) is 5.44. The standard InChI is InChI=1S/C26H25Cl3N2O2S/c1-2-3-12-30(26(33)17-4-6-18(27)7-5-17)16-24(32)31-13-10-23-21(11-14-34-23)25(31)20-9-8-19(28)15-22(20)29/h4-9,11,14-15,25H,2-3,10,12-13,16H2,1H3. The molecule has 0 saturated heterocycles. The molecule has 0 aliphatic carbocycles. The van der Waals surface area contributed by atoms with Crippen LogP contribution in [0.5, 0.6) is 0 Å². The second-order valence-corrected chi connectivity index (χ2v) is 10.6. The summed E-state index contributed by atoms with van der Waals surface area (Å²) in [6, 6.07) is 13.9. The van der Waals surface area contributed by atoms with Crippen LogP contribution in [0.4, 0.5) is 0 Å². The maximum absolute atomic E-state index is 13.7. The highest BCUT2D eigenvalue weighted by Gasteiger charge is 2.35. The molecular weight excluding hydrogens is 511 g/mol. The molecule has 0 spiro atoms. The van der Waals surface area contributed by atoms with Gasteiger partial charge in [-0.1, -0.05) is 54.2 Å². The summed E-state index contributed by atoms with van der Waals surface area (Å²) in [6.45, 7) is 3.14. The lowest BCUT2D eigenvalue weighted by Gasteiger charge is -2.38. The molecule has 1 aromatic heterocycles. The molecule has 3 aromatic rings. The van der Waals surface area contributed by atoms with Crippen molar-refractivity contribution in [1.82, 2.24) is 9.80 Å². The number of hydrogen-bond acceptors (Lipinski definition) is 3. The quantitative estimate of drug-likeness (QED) is 0.323. The molecule has 2 aromatic carbocycles. The van der Waals surface area contributed by atoms with Gasteiger partial charge >= 0.3 is 0 Å². The Morgan fingerprint density at radius 2 is 1.76 bits per heavy atom. The van der Waals surface area contributed by atoms with Crippen molar-refractivity contribution < 1.29 is 9.59 Å². The summed E-state index contributed by atoms with van der Waals surface area (Å²) < 4.78 is 0. The molecule has 4 rings (SSSR count). The Balaban J connectivity index is 1.63. The molecular formula is C26H25Cl3N2O2S. The minimum absolute atomic E-state index is 0.00262. The maximum atomic E-state index is 13.7. The first-order valence-corrected chi connectivity index (χ1v) is 13.3. The number of unbranched alkanes of at least 4 members (excludes halogenated alkanes) is 1. The Kier molecular flexibility index (Phi) is 8.20. The Morgan fingerprint density at radius 3 is 2.47 bits per heavy atom. The van der Waals surface area contributed by atoms with E-state index in [2.05, 4.69) is 13.0 Å². The number of rotatable bonds is 7. The van der Waals surface area contributed by atoms with Crippen molar-refractivity contribution in [1.29, 1.82) is 0 Å². The molecule has 0 bridgehead atoms. The molecule has 1 aliphatic heterocycles. The van der Waals surface area contributed by atoms with Gasteiger partial charge in [-0.3, -0.25) is 9.59 Å². The highest BCUT2D eigenvalue weighted by molar-refractivity contribution is 7.10. The SMILES string of the molecule is CCCCN(CC(=O)N1CCc2sccc2C1c1ccc(Cl)cc1Cl)C(=O)c1ccc(Cl)cc1. The Hall–Kier alpha value is -2.05. The molecule has 1 unspecified atom stereocenters. The second kappa shape index (κ2) is 11.1. The van der Waals surface area contributed by atoms with Gasteiger partial charge in [0.25, 0.3) is 5.91 Å². The van der Waals surface area contributed by atoms with Crippen LogP contribution in [0, 0.1) is 0 Å². The van der Waals surface area contributed by atoms with Crippen LogP contribution in [0.3, 0.4) is 0 Å². The summed E-state index contributed by atoms with van der Waals surface area (Å²) in [5.41, 5.74) is 2.44. The van der Waals surface area contributed by atoms with Gasteiger partial charge in [-0.15, -0.1) is 11.3 Å². The van der Waals surface area contributed by atoms with Crippen LogP contribution in [0.15, 0.2) is 53.9 Å². The number of nitrogens with zero attached hydrogens (tertiary/aromatic N) is 2. The first kappa shape index (κ1) is 25.1. The van der Waals surface area contributed by atoms with E-state index >= 15 is 0 Å². The average molecular weight is 536 g/mol. The third-order valence-corrected chi connectivity index (χ3v) is 7.84. The van der Waals surface area contributed by atoms with Gasteiger partial charge in [-0.25, -0.2) is 0 Å². The predicted octanol–water partition coefficient (Wildman–Crippen LogP) is 7.12. The van der Waals surface area contributed by atoms with Crippen LogP contribution in [0.25, 0.3) is 0 Å². The van der Waals surface area contributed by atoms with E-state index in [0.29, 0.717) is 33.7 Å². The average Bonchev–Trinajstić information content (AvgIpc) is 3.30. The maximum Gasteiger partial charge on any atom is 0.254 e. The summed E-state index contributed by atoms with van der Waals surface area (Å²) in [5, 5.41) is 3.68. The number of carbonyl (C=O) groups excluding carboxylic acids is 2. The smallest absolute Gasteiger partial charge is 0.254 e. The summed E-state index contributed by atoms with van der Waals surface area (Å²) in [7, 11) is 0. The van der Waals surface area contributed by atoms with Crippen molar-refractivity contribution in [3.63, 3.8) is 0 Å². The van der Waals surface area contributed by atoms with Gasteiger partial charge in [0.05, 0.1) is 6.04 Å². The fourth-order valence-corrected chi connectivity index (χ4v) is 5.82. The van der Waals surface area contributed by atoms with Gasteiger partial charge in [0, 0.05) is 38.6 Å². The van der Waals surface area contributed by atoms with Gasteiger partial charge in [0.2, 0.25) is 5.91 Å². The van der Waals surface area contributed by atoms with E-state index < -0.39 is 0 Å². The number of benzene rings is 2. The lowest BCUT2D eigenvalue weighted by molar-refractivity contribution is -0.134. The van der Waals surface area contributed by atoms with E-state index in [1.54, 1.807) is 52.6 Å². The molecule has 8 heteroatoms. The van der Waals surface area contributed by atoms with Gasteiger partial charge in [0.15, 0.2) is 0 Å². The monoisotopic (exact) mass is 534 g/mol. The summed E-state index contributed by atoms with van der Waals surface area (Å²) in [6.07, 6.45) is 2.51. The summed E-state index contributed by atoms with van der Waals surface area (Å²) >= 11 is 20.4. The van der Waals surface area contributed by atoms with Gasteiger partial charge in [-0.2, -0.15) is 0 Å². The summed E-state index contributed by atoms with van der Waals surface area (Å²) in [4.78, 5) is 31.7. The van der Waals surface area contributed by atoms with E-state index in [-0.39, 0.29) is 24.4 Å². The molecule has 0 fully saturated rings. The van der Waals surface area contributed by atoms with Crippen LogP contribution in [0.2, 0.25) is 15.1 Å². The number of fused-ring (bicyclic) bond motifs is 1. The number of thiophene rings is 1. The van der Waals surface area contributed by atoms with Crippen LogP contribution in [0.1, 0.15) is 52.2 Å². The Morgan fingerprint density at radius 1 is 1.03 bits per heavy atom. The van der Waals surface area contributed by atoms with Crippen LogP contribution in [-0.2, 0) is 11.2 Å². The highest BCUT2D eigenvalue weighted by atomic mass is 35.5. The molecule has 0 N–H and O–H groups in total. The summed E-state index contributed by atoms with van der Waals surface area (Å²) in [5.74, 6) is -0.279. The van der Waals surface area contributed by atoms with E-state index in [1.807, 2.05) is 16.3 Å². The lowest BCUT2D eigenvalue weighted by atomic mass is 9.93. The molecule has 0 saturated carbocycles. The van der Waals surface area contributed by atoms with Gasteiger partial charge in [-0.05, 0) is 71.8 Å². The van der Waals surface area contributed by atoms with Crippen molar-refractivity contribution in [3.05, 3.63) is 90.5 Å². The number of halogens is 3. The zero-order chi connectivity index (χ0) is 24.2. The molecule has 2 amide bonds. The molecule has 1 aliphatic rings. The van der Waals surface area contributed by atoms with Crippen molar-refractivity contribution in [2.75, 3.05) is 19.6 Å². The molecule has 2 heterocycles. The number of hydrogen-bond donors (Lipinski definition) is 0. The normalized spacial score (nSPS) is 15.2. The minimum Gasteiger partial charge on any atom is -0.330 e. The topological polar surface area (TPSA) is 40.6 Å². The van der Waals surface area contributed by atoms with Gasteiger partial charge < -0.3 is 9.80 Å². The lowest BCUT2D eigenvalue weighted by Crippen LogP contribution is -2.47. The first-order valence-electron chi connectivity index (χ1n) is 11.2. The van der Waals surface area contributed by atoms with Gasteiger partial charge in [0.1, 0.15) is 6.54 Å². The fourth-order valence-electron chi connectivity index (χ4n) is 4.27. The molecule has 34 heavy (non-hydrogen) atoms. The van der Waals surface area contributed by atoms with E-state index in [0.717, 1.165) is 30.4 Å². The predicted molar refractivity (Wildman–Crippen MR) is 140 cm³/mol. The van der Waals surface area contributed by atoms with Crippen molar-refractivity contribution in [3.8, 4) is 0 Å². The van der Waals surface area contributed by atoms with Crippen molar-refractivity contribution in [2.24, 2.45) is 0 Å².